The maximum Gasteiger partial charge on any atom is 0.300 e. The number of nitrogens with zero attached hydrogens (tertiary/aromatic N) is 2. The van der Waals surface area contributed by atoms with Gasteiger partial charge in [0.05, 0.1) is 6.26 Å². The Balaban J connectivity index is 0.000000487. The number of rotatable bonds is 1. The van der Waals surface area contributed by atoms with Crippen molar-refractivity contribution in [1.82, 2.24) is 9.12 Å². The van der Waals surface area contributed by atoms with Crippen LogP contribution in [0.3, 0.4) is 0 Å². The molecule has 0 saturated carbocycles. The first-order chi connectivity index (χ1) is 7.14. The van der Waals surface area contributed by atoms with Crippen LogP contribution in [0.2, 0.25) is 0 Å². The minimum Gasteiger partial charge on any atom is -0.481 e. The quantitative estimate of drug-likeness (QED) is 0.610. The normalized spacial score (nSPS) is 23.3. The minimum absolute atomic E-state index is 0.0150. The molecule has 1 atom stereocenters. The molecule has 1 saturated heterocycles. The van der Waals surface area contributed by atoms with Crippen molar-refractivity contribution >= 4 is 24.0 Å². The molecular formula is C8H17BN2O4S. The summed E-state index contributed by atoms with van der Waals surface area (Å²) in [6.45, 7) is 4.65. The summed E-state index contributed by atoms with van der Waals surface area (Å²) in [4.78, 5) is 10.6. The standard InChI is InChI=1S/C6H13BN2O2S.C2H4O2/c1-6-5-8(7)3-4-9(6)12(2,10)11;1-2(3)4/h6H,3-5H2,1-2H3;1H3,(H,3,4). The summed E-state index contributed by atoms with van der Waals surface area (Å²) in [5.41, 5.74) is 0. The third-order valence-corrected chi connectivity index (χ3v) is 3.42. The van der Waals surface area contributed by atoms with Gasteiger partial charge in [-0.1, -0.05) is 0 Å². The summed E-state index contributed by atoms with van der Waals surface area (Å²) in [5.74, 6) is -0.833. The van der Waals surface area contributed by atoms with Crippen molar-refractivity contribution in [2.24, 2.45) is 0 Å². The van der Waals surface area contributed by atoms with Crippen LogP contribution in [-0.4, -0.2) is 68.5 Å². The third kappa shape index (κ3) is 6.09. The van der Waals surface area contributed by atoms with Gasteiger partial charge in [0.2, 0.25) is 10.0 Å². The van der Waals surface area contributed by atoms with Crippen molar-refractivity contribution in [2.75, 3.05) is 25.9 Å². The van der Waals surface area contributed by atoms with Crippen LogP contribution in [0, 0.1) is 0 Å². The van der Waals surface area contributed by atoms with Crippen molar-refractivity contribution in [3.63, 3.8) is 0 Å². The van der Waals surface area contributed by atoms with E-state index in [9.17, 15) is 8.42 Å². The van der Waals surface area contributed by atoms with E-state index in [1.165, 1.54) is 10.6 Å². The molecule has 1 heterocycles. The summed E-state index contributed by atoms with van der Waals surface area (Å²) >= 11 is 0. The lowest BCUT2D eigenvalue weighted by Gasteiger charge is -2.36. The van der Waals surface area contributed by atoms with Gasteiger partial charge in [0.15, 0.2) is 7.98 Å². The maximum absolute atomic E-state index is 11.2. The van der Waals surface area contributed by atoms with Gasteiger partial charge in [-0.2, -0.15) is 4.31 Å². The van der Waals surface area contributed by atoms with E-state index in [0.29, 0.717) is 19.6 Å². The number of hydrogen-bond donors (Lipinski definition) is 1. The molecule has 0 amide bonds. The number of hydrogen-bond acceptors (Lipinski definition) is 4. The van der Waals surface area contributed by atoms with Crippen molar-refractivity contribution in [3.05, 3.63) is 0 Å². The maximum atomic E-state index is 11.2. The van der Waals surface area contributed by atoms with E-state index in [1.807, 2.05) is 6.92 Å². The summed E-state index contributed by atoms with van der Waals surface area (Å²) < 4.78 is 23.8. The van der Waals surface area contributed by atoms with Gasteiger partial charge in [-0.25, -0.2) is 8.42 Å². The van der Waals surface area contributed by atoms with E-state index in [1.54, 1.807) is 4.81 Å². The average molecular weight is 248 g/mol. The third-order valence-electron chi connectivity index (χ3n) is 2.02. The van der Waals surface area contributed by atoms with Gasteiger partial charge in [-0.05, 0) is 6.92 Å². The fraction of sp³-hybridized carbons (Fsp3) is 0.875. The zero-order chi connectivity index (χ0) is 12.9. The van der Waals surface area contributed by atoms with E-state index in [-0.39, 0.29) is 6.04 Å². The number of aliphatic carboxylic acids is 1. The van der Waals surface area contributed by atoms with Gasteiger partial charge in [-0.3, -0.25) is 4.79 Å². The van der Waals surface area contributed by atoms with Gasteiger partial charge < -0.3 is 9.92 Å². The molecule has 0 aromatic carbocycles. The van der Waals surface area contributed by atoms with Crippen molar-refractivity contribution in [1.29, 1.82) is 0 Å². The van der Waals surface area contributed by atoms with Gasteiger partial charge in [0, 0.05) is 32.6 Å². The fourth-order valence-corrected chi connectivity index (χ4v) is 2.60. The Morgan fingerprint density at radius 1 is 1.44 bits per heavy atom. The van der Waals surface area contributed by atoms with E-state index < -0.39 is 16.0 Å². The lowest BCUT2D eigenvalue weighted by atomic mass is 10.2. The number of carbonyl (C=O) groups is 1. The summed E-state index contributed by atoms with van der Waals surface area (Å²) in [7, 11) is 2.50. The van der Waals surface area contributed by atoms with E-state index in [0.717, 1.165) is 6.92 Å². The zero-order valence-corrected chi connectivity index (χ0v) is 10.6. The number of piperazine rings is 1. The van der Waals surface area contributed by atoms with Crippen LogP contribution in [-0.2, 0) is 14.8 Å². The molecule has 92 valence electrons. The Labute approximate surface area is 97.7 Å². The molecule has 0 aromatic heterocycles. The van der Waals surface area contributed by atoms with Gasteiger partial charge in [-0.15, -0.1) is 0 Å². The molecular weight excluding hydrogens is 231 g/mol. The van der Waals surface area contributed by atoms with E-state index >= 15 is 0 Å². The van der Waals surface area contributed by atoms with Crippen LogP contribution in [0.5, 0.6) is 0 Å². The lowest BCUT2D eigenvalue weighted by molar-refractivity contribution is -0.134. The topological polar surface area (TPSA) is 77.9 Å². The monoisotopic (exact) mass is 248 g/mol. The Bertz CT molecular complexity index is 329. The molecule has 0 aromatic rings. The van der Waals surface area contributed by atoms with Crippen LogP contribution >= 0.6 is 0 Å². The van der Waals surface area contributed by atoms with E-state index in [2.05, 4.69) is 0 Å². The van der Waals surface area contributed by atoms with Crippen LogP contribution in [0.4, 0.5) is 0 Å². The molecule has 8 heteroatoms. The van der Waals surface area contributed by atoms with Crippen LogP contribution in [0.25, 0.3) is 0 Å². The van der Waals surface area contributed by atoms with Crippen molar-refractivity contribution in [3.8, 4) is 0 Å². The summed E-state index contributed by atoms with van der Waals surface area (Å²) in [6, 6.07) is -0.0150. The van der Waals surface area contributed by atoms with Crippen LogP contribution in [0.1, 0.15) is 13.8 Å². The highest BCUT2D eigenvalue weighted by atomic mass is 32.2. The summed E-state index contributed by atoms with van der Waals surface area (Å²) in [6.07, 6.45) is 1.23. The Morgan fingerprint density at radius 2 is 1.88 bits per heavy atom. The first kappa shape index (κ1) is 15.4. The highest BCUT2D eigenvalue weighted by molar-refractivity contribution is 7.88. The van der Waals surface area contributed by atoms with Gasteiger partial charge >= 0.3 is 0 Å². The fourth-order valence-electron chi connectivity index (χ4n) is 1.46. The van der Waals surface area contributed by atoms with Crippen LogP contribution < -0.4 is 0 Å². The Hall–Kier alpha value is -0.595. The van der Waals surface area contributed by atoms with Crippen LogP contribution in [0.15, 0.2) is 0 Å². The predicted molar refractivity (Wildman–Crippen MR) is 61.6 cm³/mol. The van der Waals surface area contributed by atoms with Gasteiger partial charge in [0.25, 0.3) is 5.97 Å². The lowest BCUT2D eigenvalue weighted by Crippen LogP contribution is -2.52. The molecule has 2 radical (unpaired) electrons. The second kappa shape index (κ2) is 6.22. The minimum atomic E-state index is -3.05. The molecule has 0 aliphatic carbocycles. The number of carboxylic acids is 1. The Kier molecular flexibility index (Phi) is 5.99. The molecule has 0 bridgehead atoms. The van der Waals surface area contributed by atoms with Crippen molar-refractivity contribution < 1.29 is 18.3 Å². The molecule has 1 rings (SSSR count). The average Bonchev–Trinajstić information content (AvgIpc) is 1.99. The smallest absolute Gasteiger partial charge is 0.300 e. The van der Waals surface area contributed by atoms with Gasteiger partial charge in [0.1, 0.15) is 0 Å². The molecule has 1 N–H and O–H groups in total. The van der Waals surface area contributed by atoms with E-state index in [4.69, 9.17) is 17.9 Å². The highest BCUT2D eigenvalue weighted by Crippen LogP contribution is 2.10. The second-order valence-corrected chi connectivity index (χ2v) is 5.67. The number of carboxylic acid groups (broad SMARTS) is 1. The molecule has 1 fully saturated rings. The molecule has 1 aliphatic rings. The first-order valence-corrected chi connectivity index (χ1v) is 6.65. The SMILES string of the molecule is CC(=O)O.[B]N1CCN(S(C)(=O)=O)C(C)C1. The molecule has 0 spiro atoms. The zero-order valence-electron chi connectivity index (χ0n) is 9.75. The first-order valence-electron chi connectivity index (χ1n) is 4.80. The number of sulfonamides is 1. The molecule has 16 heavy (non-hydrogen) atoms. The Morgan fingerprint density at radius 3 is 2.19 bits per heavy atom. The highest BCUT2D eigenvalue weighted by Gasteiger charge is 2.27. The molecule has 1 aliphatic heterocycles. The second-order valence-electron chi connectivity index (χ2n) is 3.74. The predicted octanol–water partition coefficient (Wildman–Crippen LogP) is -0.873. The molecule has 6 nitrogen and oxygen atoms in total. The largest absolute Gasteiger partial charge is 0.481 e. The molecule has 1 unspecified atom stereocenters. The van der Waals surface area contributed by atoms with Crippen molar-refractivity contribution in [2.45, 2.75) is 19.9 Å². The summed E-state index contributed by atoms with van der Waals surface area (Å²) in [5, 5.41) is 7.42.